The minimum absolute atomic E-state index is 0.0220. The summed E-state index contributed by atoms with van der Waals surface area (Å²) in [6.45, 7) is 17.9. The maximum atomic E-state index is 14.6. The van der Waals surface area contributed by atoms with Crippen molar-refractivity contribution in [2.45, 2.75) is 111 Å². The molecular formula is C33H50N8O3. The number of H-pyrrole nitrogens is 1. The Morgan fingerprint density at radius 2 is 1.84 bits per heavy atom. The van der Waals surface area contributed by atoms with E-state index >= 15 is 0 Å². The van der Waals surface area contributed by atoms with Gasteiger partial charge in [-0.05, 0) is 79.9 Å². The van der Waals surface area contributed by atoms with Crippen molar-refractivity contribution in [2.24, 2.45) is 21.7 Å². The lowest BCUT2D eigenvalue weighted by Gasteiger charge is -2.47. The van der Waals surface area contributed by atoms with Gasteiger partial charge in [-0.1, -0.05) is 58.9 Å². The Labute approximate surface area is 261 Å². The van der Waals surface area contributed by atoms with E-state index < -0.39 is 5.66 Å². The topological polar surface area (TPSA) is 129 Å². The van der Waals surface area contributed by atoms with Gasteiger partial charge in [-0.15, -0.1) is 10.2 Å². The van der Waals surface area contributed by atoms with Crippen LogP contribution in [-0.4, -0.2) is 79.5 Å². The van der Waals surface area contributed by atoms with Crippen LogP contribution in [0.25, 0.3) is 0 Å². The zero-order valence-corrected chi connectivity index (χ0v) is 27.5. The third kappa shape index (κ3) is 6.98. The highest BCUT2D eigenvalue weighted by Crippen LogP contribution is 2.50. The molecule has 3 aliphatic rings. The van der Waals surface area contributed by atoms with Crippen molar-refractivity contribution < 1.29 is 14.3 Å². The number of aliphatic imine (C=N–C) groups is 1. The highest BCUT2D eigenvalue weighted by molar-refractivity contribution is 6.39. The average molecular weight is 607 g/mol. The van der Waals surface area contributed by atoms with Crippen LogP contribution in [0.5, 0.6) is 0 Å². The van der Waals surface area contributed by atoms with Gasteiger partial charge in [0, 0.05) is 12.1 Å². The SMILES string of the molecule is C[C@H]1COCCN1C1=NC2(CCC(C(C)(C)C)CC2)N([C@H](CCC(C)(C)C)c2ccc(C(=O)NCc3nn[nH]n3)cc2)C1=O. The number of aromatic nitrogens is 4. The summed E-state index contributed by atoms with van der Waals surface area (Å²) in [6, 6.07) is 7.64. The molecule has 3 heterocycles. The number of benzene rings is 1. The molecule has 1 spiro atoms. The molecule has 2 fully saturated rings. The lowest BCUT2D eigenvalue weighted by Crippen LogP contribution is -2.54. The van der Waals surface area contributed by atoms with Crippen LogP contribution >= 0.6 is 0 Å². The summed E-state index contributed by atoms with van der Waals surface area (Å²) >= 11 is 0. The van der Waals surface area contributed by atoms with Gasteiger partial charge in [-0.3, -0.25) is 9.59 Å². The van der Waals surface area contributed by atoms with E-state index in [0.29, 0.717) is 42.9 Å². The fraction of sp³-hybridized carbons (Fsp3) is 0.697. The second kappa shape index (κ2) is 12.6. The van der Waals surface area contributed by atoms with E-state index in [0.717, 1.165) is 44.1 Å². The quantitative estimate of drug-likeness (QED) is 0.459. The van der Waals surface area contributed by atoms with Crippen LogP contribution in [0.1, 0.15) is 115 Å². The molecule has 11 nitrogen and oxygen atoms in total. The van der Waals surface area contributed by atoms with Crippen LogP contribution in [0, 0.1) is 16.7 Å². The Balaban J connectivity index is 1.47. The van der Waals surface area contributed by atoms with Crippen LogP contribution in [0.15, 0.2) is 29.3 Å². The van der Waals surface area contributed by atoms with Gasteiger partial charge < -0.3 is 19.9 Å². The second-order valence-corrected chi connectivity index (χ2v) is 15.1. The Morgan fingerprint density at radius 1 is 1.14 bits per heavy atom. The number of amides is 2. The first-order chi connectivity index (χ1) is 20.8. The molecule has 1 aromatic carbocycles. The highest BCUT2D eigenvalue weighted by atomic mass is 16.5. The summed E-state index contributed by atoms with van der Waals surface area (Å²) < 4.78 is 5.72. The molecule has 0 bridgehead atoms. The number of hydrogen-bond donors (Lipinski definition) is 2. The smallest absolute Gasteiger partial charge is 0.291 e. The fourth-order valence-corrected chi connectivity index (χ4v) is 6.94. The van der Waals surface area contributed by atoms with Crippen LogP contribution in [0.3, 0.4) is 0 Å². The maximum Gasteiger partial charge on any atom is 0.291 e. The van der Waals surface area contributed by atoms with Gasteiger partial charge in [0.05, 0.1) is 31.8 Å². The maximum absolute atomic E-state index is 14.6. The van der Waals surface area contributed by atoms with E-state index in [9.17, 15) is 9.59 Å². The second-order valence-electron chi connectivity index (χ2n) is 15.1. The number of rotatable bonds is 7. The average Bonchev–Trinajstić information content (AvgIpc) is 3.59. The van der Waals surface area contributed by atoms with Crippen molar-refractivity contribution in [3.63, 3.8) is 0 Å². The normalized spacial score (nSPS) is 25.3. The zero-order chi connectivity index (χ0) is 31.7. The summed E-state index contributed by atoms with van der Waals surface area (Å²) in [5, 5.41) is 16.6. The third-order valence-electron chi connectivity index (χ3n) is 9.66. The first kappa shape index (κ1) is 32.1. The monoisotopic (exact) mass is 606 g/mol. The Morgan fingerprint density at radius 3 is 2.43 bits per heavy atom. The van der Waals surface area contributed by atoms with Crippen LogP contribution in [0.2, 0.25) is 0 Å². The van der Waals surface area contributed by atoms with Gasteiger partial charge in [0.25, 0.3) is 11.8 Å². The molecule has 44 heavy (non-hydrogen) atoms. The molecule has 1 saturated heterocycles. The minimum atomic E-state index is -0.574. The van der Waals surface area contributed by atoms with Crippen LogP contribution < -0.4 is 5.32 Å². The predicted molar refractivity (Wildman–Crippen MR) is 169 cm³/mol. The molecule has 0 radical (unpaired) electrons. The first-order valence-corrected chi connectivity index (χ1v) is 16.2. The van der Waals surface area contributed by atoms with Gasteiger partial charge in [-0.2, -0.15) is 5.21 Å². The molecule has 5 rings (SSSR count). The number of amidine groups is 1. The molecule has 2 N–H and O–H groups in total. The van der Waals surface area contributed by atoms with Crippen molar-refractivity contribution in [1.82, 2.24) is 35.7 Å². The molecule has 2 amide bonds. The number of tetrazole rings is 1. The Bertz CT molecular complexity index is 1320. The van der Waals surface area contributed by atoms with Gasteiger partial charge in [0.1, 0.15) is 5.66 Å². The van der Waals surface area contributed by atoms with E-state index in [4.69, 9.17) is 9.73 Å². The van der Waals surface area contributed by atoms with Crippen LogP contribution in [0.4, 0.5) is 0 Å². The number of carbonyl (C=O) groups is 2. The Kier molecular flexibility index (Phi) is 9.16. The minimum Gasteiger partial charge on any atom is -0.377 e. The van der Waals surface area contributed by atoms with E-state index in [1.54, 1.807) is 0 Å². The van der Waals surface area contributed by atoms with Gasteiger partial charge in [0.15, 0.2) is 11.7 Å². The first-order valence-electron chi connectivity index (χ1n) is 16.2. The molecule has 2 atom stereocenters. The van der Waals surface area contributed by atoms with Crippen molar-refractivity contribution in [1.29, 1.82) is 0 Å². The Hall–Kier alpha value is -3.34. The molecule has 1 saturated carbocycles. The van der Waals surface area contributed by atoms with Gasteiger partial charge in [0.2, 0.25) is 0 Å². The molecule has 0 unspecified atom stereocenters. The zero-order valence-electron chi connectivity index (χ0n) is 27.5. The van der Waals surface area contributed by atoms with Crippen LogP contribution in [-0.2, 0) is 16.1 Å². The summed E-state index contributed by atoms with van der Waals surface area (Å²) in [4.78, 5) is 37.2. The lowest BCUT2D eigenvalue weighted by atomic mass is 9.69. The van der Waals surface area contributed by atoms with E-state index in [1.165, 1.54) is 0 Å². The molecule has 2 aliphatic heterocycles. The predicted octanol–water partition coefficient (Wildman–Crippen LogP) is 4.89. The number of nitrogens with one attached hydrogen (secondary N) is 2. The molecule has 1 aromatic heterocycles. The van der Waals surface area contributed by atoms with Crippen molar-refractivity contribution in [2.75, 3.05) is 19.8 Å². The van der Waals surface area contributed by atoms with E-state index in [-0.39, 0.29) is 41.3 Å². The van der Waals surface area contributed by atoms with Crippen molar-refractivity contribution in [3.05, 3.63) is 41.2 Å². The molecular weight excluding hydrogens is 556 g/mol. The van der Waals surface area contributed by atoms with E-state index in [2.05, 4.69) is 84.2 Å². The summed E-state index contributed by atoms with van der Waals surface area (Å²) in [5.74, 6) is 1.40. The number of carbonyl (C=O) groups excluding carboxylic acids is 2. The number of nitrogens with zero attached hydrogens (tertiary/aromatic N) is 6. The fourth-order valence-electron chi connectivity index (χ4n) is 6.94. The third-order valence-corrected chi connectivity index (χ3v) is 9.66. The van der Waals surface area contributed by atoms with Gasteiger partial charge in [-0.25, -0.2) is 4.99 Å². The highest BCUT2D eigenvalue weighted by Gasteiger charge is 2.54. The number of ether oxygens (including phenoxy) is 1. The summed E-state index contributed by atoms with van der Waals surface area (Å²) in [7, 11) is 0. The van der Waals surface area contributed by atoms with Crippen molar-refractivity contribution >= 4 is 17.6 Å². The molecule has 240 valence electrons. The largest absolute Gasteiger partial charge is 0.377 e. The molecule has 11 heteroatoms. The standard InChI is InChI=1S/C33H50N8O3/c1-22-21-44-19-18-40(22)28-30(43)41(33(35-28)16-12-25(13-17-33)32(5,6)7)26(14-15-31(2,3)4)23-8-10-24(11-9-23)29(42)34-20-27-36-38-39-37-27/h8-11,22,25-26H,12-21H2,1-7H3,(H,34,42)(H,36,37,38,39)/t22-,25?,26+,33?/m0/s1. The summed E-state index contributed by atoms with van der Waals surface area (Å²) in [6.07, 6.45) is 5.53. The number of hydrogen-bond acceptors (Lipinski definition) is 8. The number of aromatic amines is 1. The van der Waals surface area contributed by atoms with E-state index in [1.807, 2.05) is 24.3 Å². The van der Waals surface area contributed by atoms with Gasteiger partial charge >= 0.3 is 0 Å². The summed E-state index contributed by atoms with van der Waals surface area (Å²) in [5.41, 5.74) is 1.30. The molecule has 1 aliphatic carbocycles. The molecule has 2 aromatic rings. The lowest BCUT2D eigenvalue weighted by molar-refractivity contribution is -0.134. The number of morpholine rings is 1. The van der Waals surface area contributed by atoms with Crippen molar-refractivity contribution in [3.8, 4) is 0 Å².